The number of hydrogen-bond donors (Lipinski definition) is 0. The Labute approximate surface area is 165 Å². The molecule has 8 heteroatoms. The van der Waals surface area contributed by atoms with Crippen LogP contribution in [0.25, 0.3) is 5.69 Å². The molecule has 2 aromatic carbocycles. The molecule has 0 N–H and O–H groups in total. The van der Waals surface area contributed by atoms with Gasteiger partial charge in [-0.3, -0.25) is 4.57 Å². The highest BCUT2D eigenvalue weighted by molar-refractivity contribution is 7.99. The van der Waals surface area contributed by atoms with Gasteiger partial charge in [0.25, 0.3) is 0 Å². The van der Waals surface area contributed by atoms with Gasteiger partial charge < -0.3 is 4.74 Å². The number of ether oxygens (including phenoxy) is 1. The maximum Gasteiger partial charge on any atom is 0.202 e. The molecule has 28 heavy (non-hydrogen) atoms. The van der Waals surface area contributed by atoms with E-state index in [0.29, 0.717) is 16.0 Å². The summed E-state index contributed by atoms with van der Waals surface area (Å²) in [5.41, 5.74) is 1.19. The van der Waals surface area contributed by atoms with Crippen LogP contribution in [0, 0.1) is 11.3 Å². The summed E-state index contributed by atoms with van der Waals surface area (Å²) in [6.07, 6.45) is 2.98. The van der Waals surface area contributed by atoms with E-state index in [0.717, 1.165) is 11.4 Å². The van der Waals surface area contributed by atoms with E-state index in [2.05, 4.69) is 20.2 Å². The molecule has 7 nitrogen and oxygen atoms in total. The normalized spacial score (nSPS) is 10.4. The molecule has 0 saturated heterocycles. The summed E-state index contributed by atoms with van der Waals surface area (Å²) in [6.45, 7) is 0.269. The van der Waals surface area contributed by atoms with E-state index in [4.69, 9.17) is 10.00 Å². The van der Waals surface area contributed by atoms with E-state index < -0.39 is 0 Å². The molecule has 0 atom stereocenters. The lowest BCUT2D eigenvalue weighted by Crippen LogP contribution is -2.06. The van der Waals surface area contributed by atoms with Crippen LogP contribution in [-0.4, -0.2) is 24.7 Å². The third-order valence-electron chi connectivity index (χ3n) is 3.76. The molecule has 0 amide bonds. The van der Waals surface area contributed by atoms with Crippen molar-refractivity contribution in [1.29, 1.82) is 5.26 Å². The van der Waals surface area contributed by atoms with Crippen molar-refractivity contribution in [2.45, 2.75) is 16.8 Å². The zero-order valence-electron chi connectivity index (χ0n) is 14.6. The summed E-state index contributed by atoms with van der Waals surface area (Å²) >= 11 is 1.32. The first kappa shape index (κ1) is 17.7. The van der Waals surface area contributed by atoms with Crippen molar-refractivity contribution < 1.29 is 4.74 Å². The number of benzene rings is 2. The van der Waals surface area contributed by atoms with Crippen LogP contribution < -0.4 is 4.74 Å². The van der Waals surface area contributed by atoms with Gasteiger partial charge in [-0.1, -0.05) is 36.4 Å². The van der Waals surface area contributed by atoms with E-state index in [1.165, 1.54) is 18.0 Å². The predicted octanol–water partition coefficient (Wildman–Crippen LogP) is 3.66. The van der Waals surface area contributed by atoms with Gasteiger partial charge >= 0.3 is 0 Å². The summed E-state index contributed by atoms with van der Waals surface area (Å²) in [4.78, 5) is 8.30. The minimum atomic E-state index is 0.269. The zero-order chi connectivity index (χ0) is 19.2. The van der Waals surface area contributed by atoms with Crippen molar-refractivity contribution in [2.24, 2.45) is 0 Å². The Balaban J connectivity index is 1.64. The van der Waals surface area contributed by atoms with Gasteiger partial charge in [0.2, 0.25) is 5.16 Å². The third kappa shape index (κ3) is 4.00. The number of para-hydroxylation sites is 2. The largest absolute Gasteiger partial charge is 0.486 e. The molecule has 0 bridgehead atoms. The summed E-state index contributed by atoms with van der Waals surface area (Å²) in [5, 5.41) is 18.7. The molecular formula is C20H14N6OS. The zero-order valence-corrected chi connectivity index (χ0v) is 15.5. The quantitative estimate of drug-likeness (QED) is 0.499. The average molecular weight is 386 g/mol. The lowest BCUT2D eigenvalue weighted by atomic mass is 10.3. The van der Waals surface area contributed by atoms with Gasteiger partial charge in [0.1, 0.15) is 23.5 Å². The fraction of sp³-hybridized carbons (Fsp3) is 0.0500. The van der Waals surface area contributed by atoms with Gasteiger partial charge in [-0.15, -0.1) is 10.2 Å². The average Bonchev–Trinajstić information content (AvgIpc) is 3.16. The highest BCUT2D eigenvalue weighted by Gasteiger charge is 2.16. The molecule has 136 valence electrons. The Morgan fingerprint density at radius 1 is 0.929 bits per heavy atom. The third-order valence-corrected chi connectivity index (χ3v) is 4.63. The van der Waals surface area contributed by atoms with E-state index in [1.54, 1.807) is 6.20 Å². The summed E-state index contributed by atoms with van der Waals surface area (Å²) in [7, 11) is 0. The number of rotatable bonds is 6. The second kappa shape index (κ2) is 8.33. The highest BCUT2D eigenvalue weighted by atomic mass is 32.2. The molecule has 0 aliphatic carbocycles. The molecule has 2 heterocycles. The number of nitriles is 1. The summed E-state index contributed by atoms with van der Waals surface area (Å²) in [5.74, 6) is 1.43. The van der Waals surface area contributed by atoms with Crippen LogP contribution in [-0.2, 0) is 6.61 Å². The van der Waals surface area contributed by atoms with Crippen molar-refractivity contribution in [1.82, 2.24) is 24.7 Å². The SMILES string of the molecule is N#Cc1cnc(Sc2nnc(COc3ccccc3)n2-c2ccccc2)cn1. The van der Waals surface area contributed by atoms with Crippen LogP contribution in [0.5, 0.6) is 5.75 Å². The van der Waals surface area contributed by atoms with E-state index in [-0.39, 0.29) is 12.3 Å². The highest BCUT2D eigenvalue weighted by Crippen LogP contribution is 2.27. The van der Waals surface area contributed by atoms with Crippen molar-refractivity contribution in [2.75, 3.05) is 0 Å². The maximum atomic E-state index is 8.87. The summed E-state index contributed by atoms with van der Waals surface area (Å²) < 4.78 is 7.78. The second-order valence-corrected chi connectivity index (χ2v) is 6.61. The molecule has 4 aromatic rings. The fourth-order valence-corrected chi connectivity index (χ4v) is 3.26. The fourth-order valence-electron chi connectivity index (χ4n) is 2.48. The molecule has 0 fully saturated rings. The molecule has 0 aliphatic rings. The van der Waals surface area contributed by atoms with E-state index in [1.807, 2.05) is 71.3 Å². The topological polar surface area (TPSA) is 89.5 Å². The Morgan fingerprint density at radius 2 is 1.68 bits per heavy atom. The molecule has 0 spiro atoms. The summed E-state index contributed by atoms with van der Waals surface area (Å²) in [6, 6.07) is 21.3. The van der Waals surface area contributed by atoms with Crippen LogP contribution in [0.2, 0.25) is 0 Å². The first-order valence-electron chi connectivity index (χ1n) is 8.41. The van der Waals surface area contributed by atoms with Crippen LogP contribution in [0.1, 0.15) is 11.5 Å². The predicted molar refractivity (Wildman–Crippen MR) is 103 cm³/mol. The number of aromatic nitrogens is 5. The van der Waals surface area contributed by atoms with Crippen molar-refractivity contribution in [3.63, 3.8) is 0 Å². The Morgan fingerprint density at radius 3 is 2.36 bits per heavy atom. The molecule has 2 aromatic heterocycles. The van der Waals surface area contributed by atoms with E-state index >= 15 is 0 Å². The Bertz CT molecular complexity index is 1090. The standard InChI is InChI=1S/C20H14N6OS/c21-11-15-12-23-19(13-22-15)28-20-25-24-18(14-27-17-9-5-2-6-10-17)26(20)16-7-3-1-4-8-16/h1-10,12-13H,14H2. The minimum absolute atomic E-state index is 0.269. The van der Waals surface area contributed by atoms with Crippen LogP contribution in [0.3, 0.4) is 0 Å². The van der Waals surface area contributed by atoms with Gasteiger partial charge in [-0.05, 0) is 36.0 Å². The van der Waals surface area contributed by atoms with Crippen LogP contribution in [0.4, 0.5) is 0 Å². The smallest absolute Gasteiger partial charge is 0.202 e. The van der Waals surface area contributed by atoms with Gasteiger partial charge in [0, 0.05) is 5.69 Å². The van der Waals surface area contributed by atoms with Gasteiger partial charge in [-0.2, -0.15) is 5.26 Å². The lowest BCUT2D eigenvalue weighted by Gasteiger charge is -2.11. The number of hydrogen-bond acceptors (Lipinski definition) is 7. The maximum absolute atomic E-state index is 8.87. The minimum Gasteiger partial charge on any atom is -0.486 e. The second-order valence-electron chi connectivity index (χ2n) is 5.63. The molecule has 4 rings (SSSR count). The lowest BCUT2D eigenvalue weighted by molar-refractivity contribution is 0.293. The Kier molecular flexibility index (Phi) is 5.26. The van der Waals surface area contributed by atoms with Crippen molar-refractivity contribution in [3.05, 3.63) is 84.6 Å². The van der Waals surface area contributed by atoms with E-state index in [9.17, 15) is 0 Å². The molecule has 0 unspecified atom stereocenters. The Hall–Kier alpha value is -3.70. The van der Waals surface area contributed by atoms with Crippen LogP contribution in [0.15, 0.2) is 83.2 Å². The van der Waals surface area contributed by atoms with Crippen LogP contribution >= 0.6 is 11.8 Å². The monoisotopic (exact) mass is 386 g/mol. The van der Waals surface area contributed by atoms with Gasteiger partial charge in [-0.25, -0.2) is 9.97 Å². The van der Waals surface area contributed by atoms with Crippen molar-refractivity contribution >= 4 is 11.8 Å². The first-order valence-corrected chi connectivity index (χ1v) is 9.23. The molecule has 0 radical (unpaired) electrons. The first-order chi connectivity index (χ1) is 13.8. The molecular weight excluding hydrogens is 372 g/mol. The van der Waals surface area contributed by atoms with Gasteiger partial charge in [0.05, 0.1) is 12.4 Å². The van der Waals surface area contributed by atoms with Gasteiger partial charge in [0.15, 0.2) is 11.5 Å². The molecule has 0 saturated carbocycles. The number of nitrogens with zero attached hydrogens (tertiary/aromatic N) is 6. The molecule has 0 aliphatic heterocycles. The van der Waals surface area contributed by atoms with Crippen molar-refractivity contribution in [3.8, 4) is 17.5 Å².